The zero-order valence-electron chi connectivity index (χ0n) is 15.1. The van der Waals surface area contributed by atoms with Crippen molar-refractivity contribution < 1.29 is 33.0 Å². The molecule has 0 fully saturated rings. The summed E-state index contributed by atoms with van der Waals surface area (Å²) in [6, 6.07) is 7.98. The number of halogens is 2. The number of nitrogens with one attached hydrogen (secondary N) is 1. The van der Waals surface area contributed by atoms with Crippen molar-refractivity contribution in [2.75, 3.05) is 25.6 Å². The SMILES string of the molecule is COc1cc(C(C)=O)ccc1OCC(=O)OCC(=O)Nc1ccc(F)cc1Cl. The third-order valence-corrected chi connectivity index (χ3v) is 3.80. The summed E-state index contributed by atoms with van der Waals surface area (Å²) in [5, 5.41) is 2.41. The minimum absolute atomic E-state index is 0.0177. The molecule has 0 spiro atoms. The van der Waals surface area contributed by atoms with E-state index in [-0.39, 0.29) is 28.0 Å². The van der Waals surface area contributed by atoms with Gasteiger partial charge in [0.05, 0.1) is 17.8 Å². The van der Waals surface area contributed by atoms with E-state index in [1.165, 1.54) is 38.3 Å². The Kier molecular flexibility index (Phi) is 7.34. The first-order chi connectivity index (χ1) is 13.3. The molecule has 2 aromatic rings. The molecular formula is C19H17ClFNO6. The van der Waals surface area contributed by atoms with Gasteiger partial charge in [-0.3, -0.25) is 9.59 Å². The molecule has 0 atom stereocenters. The quantitative estimate of drug-likeness (QED) is 0.531. The van der Waals surface area contributed by atoms with Crippen LogP contribution in [0.25, 0.3) is 0 Å². The molecule has 0 heterocycles. The van der Waals surface area contributed by atoms with E-state index in [9.17, 15) is 18.8 Å². The van der Waals surface area contributed by atoms with Gasteiger partial charge < -0.3 is 19.5 Å². The Labute approximate surface area is 165 Å². The fourth-order valence-corrected chi connectivity index (χ4v) is 2.32. The average Bonchev–Trinajstić information content (AvgIpc) is 2.66. The molecule has 0 radical (unpaired) electrons. The van der Waals surface area contributed by atoms with Gasteiger partial charge in [0.1, 0.15) is 5.82 Å². The number of anilines is 1. The highest BCUT2D eigenvalue weighted by Crippen LogP contribution is 2.28. The van der Waals surface area contributed by atoms with Crippen molar-refractivity contribution in [1.82, 2.24) is 0 Å². The van der Waals surface area contributed by atoms with E-state index in [0.717, 1.165) is 12.1 Å². The lowest BCUT2D eigenvalue weighted by Crippen LogP contribution is -2.23. The van der Waals surface area contributed by atoms with E-state index in [0.29, 0.717) is 5.56 Å². The van der Waals surface area contributed by atoms with Crippen LogP contribution in [-0.2, 0) is 14.3 Å². The second-order valence-corrected chi connectivity index (χ2v) is 5.95. The van der Waals surface area contributed by atoms with E-state index in [2.05, 4.69) is 5.32 Å². The Morgan fingerprint density at radius 3 is 2.46 bits per heavy atom. The summed E-state index contributed by atoms with van der Waals surface area (Å²) in [5.41, 5.74) is 0.624. The first-order valence-corrected chi connectivity index (χ1v) is 8.40. The Hall–Kier alpha value is -3.13. The summed E-state index contributed by atoms with van der Waals surface area (Å²) < 4.78 is 28.2. The lowest BCUT2D eigenvalue weighted by atomic mass is 10.1. The number of ketones is 1. The van der Waals surface area contributed by atoms with Gasteiger partial charge in [0.2, 0.25) is 0 Å². The number of benzene rings is 2. The van der Waals surface area contributed by atoms with Crippen LogP contribution in [0.4, 0.5) is 10.1 Å². The molecule has 0 aliphatic rings. The molecule has 1 amide bonds. The molecule has 148 valence electrons. The van der Waals surface area contributed by atoms with E-state index in [1.807, 2.05) is 0 Å². The summed E-state index contributed by atoms with van der Waals surface area (Å²) in [6.07, 6.45) is 0. The van der Waals surface area contributed by atoms with Crippen LogP contribution in [0.15, 0.2) is 36.4 Å². The minimum Gasteiger partial charge on any atom is -0.493 e. The molecule has 0 saturated carbocycles. The van der Waals surface area contributed by atoms with Crippen LogP contribution in [-0.4, -0.2) is 38.0 Å². The zero-order chi connectivity index (χ0) is 20.7. The molecule has 0 unspecified atom stereocenters. The monoisotopic (exact) mass is 409 g/mol. The predicted octanol–water partition coefficient (Wildman–Crippen LogP) is 3.25. The van der Waals surface area contributed by atoms with Crippen molar-refractivity contribution >= 4 is 34.9 Å². The van der Waals surface area contributed by atoms with Crippen LogP contribution < -0.4 is 14.8 Å². The van der Waals surface area contributed by atoms with Crippen molar-refractivity contribution in [2.45, 2.75) is 6.92 Å². The summed E-state index contributed by atoms with van der Waals surface area (Å²) in [7, 11) is 1.40. The van der Waals surface area contributed by atoms with Crippen molar-refractivity contribution in [1.29, 1.82) is 0 Å². The highest BCUT2D eigenvalue weighted by Gasteiger charge is 2.13. The molecule has 0 saturated heterocycles. The highest BCUT2D eigenvalue weighted by molar-refractivity contribution is 6.33. The number of carbonyl (C=O) groups is 3. The minimum atomic E-state index is -0.793. The third kappa shape index (κ3) is 5.95. The fraction of sp³-hybridized carbons (Fsp3) is 0.211. The van der Waals surface area contributed by atoms with Crippen LogP contribution in [0.2, 0.25) is 5.02 Å². The Balaban J connectivity index is 1.84. The molecular weight excluding hydrogens is 393 g/mol. The summed E-state index contributed by atoms with van der Waals surface area (Å²) in [5.74, 6) is -1.60. The number of rotatable bonds is 8. The van der Waals surface area contributed by atoms with Crippen molar-refractivity contribution in [2.24, 2.45) is 0 Å². The van der Waals surface area contributed by atoms with Gasteiger partial charge in [-0.05, 0) is 43.3 Å². The van der Waals surface area contributed by atoms with Gasteiger partial charge >= 0.3 is 5.97 Å². The predicted molar refractivity (Wildman–Crippen MR) is 99.5 cm³/mol. The zero-order valence-corrected chi connectivity index (χ0v) is 15.8. The molecule has 0 aliphatic carbocycles. The van der Waals surface area contributed by atoms with E-state index >= 15 is 0 Å². The Morgan fingerprint density at radius 2 is 1.82 bits per heavy atom. The number of esters is 1. The smallest absolute Gasteiger partial charge is 0.344 e. The van der Waals surface area contributed by atoms with Crippen LogP contribution in [0.1, 0.15) is 17.3 Å². The molecule has 9 heteroatoms. The summed E-state index contributed by atoms with van der Waals surface area (Å²) in [6.45, 7) is 0.369. The Morgan fingerprint density at radius 1 is 1.07 bits per heavy atom. The van der Waals surface area contributed by atoms with Gasteiger partial charge in [0.25, 0.3) is 5.91 Å². The standard InChI is InChI=1S/C19H17ClFNO6/c1-11(23)12-3-6-16(17(7-12)26-2)27-10-19(25)28-9-18(24)22-15-5-4-13(21)8-14(15)20/h3-8H,9-10H2,1-2H3,(H,22,24). The van der Waals surface area contributed by atoms with Crippen LogP contribution in [0.3, 0.4) is 0 Å². The van der Waals surface area contributed by atoms with Crippen molar-refractivity contribution in [3.63, 3.8) is 0 Å². The average molecular weight is 410 g/mol. The molecule has 0 aromatic heterocycles. The van der Waals surface area contributed by atoms with Gasteiger partial charge in [-0.1, -0.05) is 11.6 Å². The molecule has 0 bridgehead atoms. The molecule has 2 aromatic carbocycles. The lowest BCUT2D eigenvalue weighted by molar-refractivity contribution is -0.149. The summed E-state index contributed by atoms with van der Waals surface area (Å²) >= 11 is 5.80. The maximum absolute atomic E-state index is 13.0. The van der Waals surface area contributed by atoms with Crippen LogP contribution >= 0.6 is 11.6 Å². The van der Waals surface area contributed by atoms with E-state index in [1.54, 1.807) is 0 Å². The van der Waals surface area contributed by atoms with Crippen molar-refractivity contribution in [3.05, 3.63) is 52.8 Å². The van der Waals surface area contributed by atoms with Crippen molar-refractivity contribution in [3.8, 4) is 11.5 Å². The molecule has 2 rings (SSSR count). The molecule has 0 aliphatic heterocycles. The summed E-state index contributed by atoms with van der Waals surface area (Å²) in [4.78, 5) is 34.9. The maximum atomic E-state index is 13.0. The van der Waals surface area contributed by atoms with Gasteiger partial charge in [-0.15, -0.1) is 0 Å². The molecule has 1 N–H and O–H groups in total. The number of amides is 1. The molecule has 7 nitrogen and oxygen atoms in total. The maximum Gasteiger partial charge on any atom is 0.344 e. The lowest BCUT2D eigenvalue weighted by Gasteiger charge is -2.11. The number of Topliss-reactive ketones (excluding diaryl/α,β-unsaturated/α-hetero) is 1. The molecule has 28 heavy (non-hydrogen) atoms. The van der Waals surface area contributed by atoms with Gasteiger partial charge in [-0.25, -0.2) is 9.18 Å². The highest BCUT2D eigenvalue weighted by atomic mass is 35.5. The fourth-order valence-electron chi connectivity index (χ4n) is 2.11. The third-order valence-electron chi connectivity index (χ3n) is 3.49. The number of carbonyl (C=O) groups excluding carboxylic acids is 3. The number of hydrogen-bond donors (Lipinski definition) is 1. The normalized spacial score (nSPS) is 10.1. The largest absolute Gasteiger partial charge is 0.493 e. The number of ether oxygens (including phenoxy) is 3. The van der Waals surface area contributed by atoms with Gasteiger partial charge in [0, 0.05) is 5.56 Å². The first kappa shape index (κ1) is 21.2. The second-order valence-electron chi connectivity index (χ2n) is 5.54. The topological polar surface area (TPSA) is 90.9 Å². The van der Waals surface area contributed by atoms with E-state index in [4.69, 9.17) is 25.8 Å². The van der Waals surface area contributed by atoms with Gasteiger partial charge in [-0.2, -0.15) is 0 Å². The number of methoxy groups -OCH3 is 1. The van der Waals surface area contributed by atoms with Crippen LogP contribution in [0, 0.1) is 5.82 Å². The Bertz CT molecular complexity index is 902. The first-order valence-electron chi connectivity index (χ1n) is 8.02. The van der Waals surface area contributed by atoms with E-state index < -0.39 is 30.9 Å². The second kappa shape index (κ2) is 9.70. The number of hydrogen-bond acceptors (Lipinski definition) is 6. The van der Waals surface area contributed by atoms with Gasteiger partial charge in [0.15, 0.2) is 30.5 Å². The van der Waals surface area contributed by atoms with Crippen LogP contribution in [0.5, 0.6) is 11.5 Å².